The molecule has 0 unspecified atom stereocenters. The van der Waals surface area contributed by atoms with Gasteiger partial charge in [0, 0.05) is 12.5 Å². The van der Waals surface area contributed by atoms with E-state index >= 15 is 0 Å². The van der Waals surface area contributed by atoms with Crippen molar-refractivity contribution >= 4 is 15.5 Å². The first-order valence-corrected chi connectivity index (χ1v) is 5.41. The zero-order valence-electron chi connectivity index (χ0n) is 8.17. The van der Waals surface area contributed by atoms with Crippen LogP contribution in [-0.4, -0.2) is 23.1 Å². The van der Waals surface area contributed by atoms with Gasteiger partial charge in [0.1, 0.15) is 5.69 Å². The third kappa shape index (κ3) is 1.75. The van der Waals surface area contributed by atoms with Crippen LogP contribution in [0.15, 0.2) is 17.0 Å². The van der Waals surface area contributed by atoms with Crippen molar-refractivity contribution in [3.63, 3.8) is 0 Å². The predicted molar refractivity (Wildman–Crippen MR) is 52.0 cm³/mol. The monoisotopic (exact) mass is 231 g/mol. The maximum Gasteiger partial charge on any atom is 0.329 e. The minimum Gasteiger partial charge on any atom is -0.258 e. The first-order valence-electron chi connectivity index (χ1n) is 3.86. The lowest BCUT2D eigenvalue weighted by Gasteiger charge is -1.97. The van der Waals surface area contributed by atoms with Gasteiger partial charge < -0.3 is 0 Å². The van der Waals surface area contributed by atoms with E-state index in [0.29, 0.717) is 5.41 Å². The van der Waals surface area contributed by atoms with Gasteiger partial charge in [-0.2, -0.15) is 5.10 Å². The molecule has 0 bridgehead atoms. The van der Waals surface area contributed by atoms with E-state index in [1.807, 2.05) is 0 Å². The lowest BCUT2D eigenvalue weighted by Crippen LogP contribution is -2.06. The molecule has 8 heteroatoms. The molecule has 0 saturated heterocycles. The van der Waals surface area contributed by atoms with Gasteiger partial charge in [-0.1, -0.05) is 6.58 Å². The van der Waals surface area contributed by atoms with Crippen molar-refractivity contribution in [2.75, 3.05) is 0 Å². The molecule has 0 aliphatic rings. The van der Waals surface area contributed by atoms with E-state index in [-0.39, 0.29) is 5.69 Å². The summed E-state index contributed by atoms with van der Waals surface area (Å²) in [6.45, 7) is 4.48. The molecule has 1 rings (SSSR count). The number of hydrogen-bond donors (Lipinski definition) is 0. The SMILES string of the molecule is C=CS(=O)(=O)c1c([N+](=O)[O-])c(C)nn1C. The lowest BCUT2D eigenvalue weighted by molar-refractivity contribution is -0.388. The number of aromatic nitrogens is 2. The Bertz CT molecular complexity index is 529. The van der Waals surface area contributed by atoms with Crippen LogP contribution >= 0.6 is 0 Å². The van der Waals surface area contributed by atoms with Crippen LogP contribution in [0.3, 0.4) is 0 Å². The summed E-state index contributed by atoms with van der Waals surface area (Å²) < 4.78 is 23.9. The van der Waals surface area contributed by atoms with Gasteiger partial charge in [0.25, 0.3) is 0 Å². The smallest absolute Gasteiger partial charge is 0.258 e. The Morgan fingerprint density at radius 3 is 2.53 bits per heavy atom. The van der Waals surface area contributed by atoms with Crippen molar-refractivity contribution in [3.8, 4) is 0 Å². The third-order valence-electron chi connectivity index (χ3n) is 1.81. The summed E-state index contributed by atoms with van der Waals surface area (Å²) in [6.07, 6.45) is 0. The molecule has 0 atom stereocenters. The van der Waals surface area contributed by atoms with E-state index in [4.69, 9.17) is 0 Å². The molecule has 82 valence electrons. The highest BCUT2D eigenvalue weighted by Gasteiger charge is 2.31. The average molecular weight is 231 g/mol. The fraction of sp³-hybridized carbons (Fsp3) is 0.286. The highest BCUT2D eigenvalue weighted by Crippen LogP contribution is 2.27. The van der Waals surface area contributed by atoms with Gasteiger partial charge in [-0.25, -0.2) is 8.42 Å². The molecule has 0 fully saturated rings. The number of sulfone groups is 1. The molecule has 0 saturated carbocycles. The maximum atomic E-state index is 11.5. The largest absolute Gasteiger partial charge is 0.329 e. The van der Waals surface area contributed by atoms with E-state index in [2.05, 4.69) is 11.7 Å². The minimum atomic E-state index is -3.86. The first-order chi connectivity index (χ1) is 6.81. The zero-order valence-corrected chi connectivity index (χ0v) is 8.98. The van der Waals surface area contributed by atoms with Gasteiger partial charge in [0.2, 0.25) is 14.9 Å². The second-order valence-corrected chi connectivity index (χ2v) is 4.64. The number of nitrogens with zero attached hydrogens (tertiary/aromatic N) is 3. The summed E-state index contributed by atoms with van der Waals surface area (Å²) in [5, 5.41) is 14.6. The van der Waals surface area contributed by atoms with Crippen LogP contribution < -0.4 is 0 Å². The van der Waals surface area contributed by atoms with Crippen LogP contribution in [0.2, 0.25) is 0 Å². The molecular weight excluding hydrogens is 222 g/mol. The molecule has 0 spiro atoms. The third-order valence-corrected chi connectivity index (χ3v) is 3.25. The quantitative estimate of drug-likeness (QED) is 0.559. The Morgan fingerprint density at radius 1 is 1.60 bits per heavy atom. The summed E-state index contributed by atoms with van der Waals surface area (Å²) in [7, 11) is -2.53. The van der Waals surface area contributed by atoms with Crippen LogP contribution in [0, 0.1) is 17.0 Å². The molecule has 0 radical (unpaired) electrons. The van der Waals surface area contributed by atoms with Crippen LogP contribution in [0.1, 0.15) is 5.69 Å². The van der Waals surface area contributed by atoms with Crippen LogP contribution in [0.4, 0.5) is 5.69 Å². The first kappa shape index (κ1) is 11.4. The lowest BCUT2D eigenvalue weighted by atomic mass is 10.4. The molecule has 1 heterocycles. The van der Waals surface area contributed by atoms with Gasteiger partial charge in [-0.05, 0) is 6.92 Å². The Labute approximate surface area is 86.1 Å². The zero-order chi connectivity index (χ0) is 11.8. The molecule has 1 aromatic rings. The maximum absolute atomic E-state index is 11.5. The summed E-state index contributed by atoms with van der Waals surface area (Å²) in [5.74, 6) is 0. The van der Waals surface area contributed by atoms with E-state index in [1.165, 1.54) is 14.0 Å². The number of hydrogen-bond acceptors (Lipinski definition) is 5. The molecule has 1 aromatic heterocycles. The van der Waals surface area contributed by atoms with E-state index in [9.17, 15) is 18.5 Å². The highest BCUT2D eigenvalue weighted by atomic mass is 32.2. The average Bonchev–Trinajstić information content (AvgIpc) is 2.41. The molecule has 7 nitrogen and oxygen atoms in total. The van der Waals surface area contributed by atoms with Crippen molar-refractivity contribution in [3.05, 3.63) is 27.8 Å². The number of rotatable bonds is 3. The topological polar surface area (TPSA) is 95.1 Å². The molecule has 0 aliphatic carbocycles. The fourth-order valence-electron chi connectivity index (χ4n) is 1.23. The molecule has 0 N–H and O–H groups in total. The Balaban J connectivity index is 3.68. The molecule has 0 aliphatic heterocycles. The second-order valence-electron chi connectivity index (χ2n) is 2.83. The van der Waals surface area contributed by atoms with E-state index < -0.39 is 25.5 Å². The molecule has 0 amide bonds. The van der Waals surface area contributed by atoms with E-state index in [1.54, 1.807) is 0 Å². The van der Waals surface area contributed by atoms with Crippen molar-refractivity contribution in [1.82, 2.24) is 9.78 Å². The van der Waals surface area contributed by atoms with Gasteiger partial charge in [-0.15, -0.1) is 0 Å². The fourth-order valence-corrected chi connectivity index (χ4v) is 2.29. The summed E-state index contributed by atoms with van der Waals surface area (Å²) in [5.41, 5.74) is -0.444. The Hall–Kier alpha value is -1.70. The molecular formula is C7H9N3O4S. The van der Waals surface area contributed by atoms with Gasteiger partial charge in [-0.3, -0.25) is 14.8 Å². The molecule has 15 heavy (non-hydrogen) atoms. The van der Waals surface area contributed by atoms with Gasteiger partial charge in [0.15, 0.2) is 0 Å². The number of nitro groups is 1. The Morgan fingerprint density at radius 2 is 2.13 bits per heavy atom. The van der Waals surface area contributed by atoms with Gasteiger partial charge in [0.05, 0.1) is 4.92 Å². The van der Waals surface area contributed by atoms with Gasteiger partial charge >= 0.3 is 5.69 Å². The highest BCUT2D eigenvalue weighted by molar-refractivity contribution is 7.94. The second kappa shape index (κ2) is 3.46. The van der Waals surface area contributed by atoms with Crippen LogP contribution in [-0.2, 0) is 16.9 Å². The minimum absolute atomic E-state index is 0.0583. The summed E-state index contributed by atoms with van der Waals surface area (Å²) >= 11 is 0. The normalized spacial score (nSPS) is 11.3. The van der Waals surface area contributed by atoms with Crippen LogP contribution in [0.5, 0.6) is 0 Å². The van der Waals surface area contributed by atoms with Crippen molar-refractivity contribution in [2.45, 2.75) is 11.9 Å². The standard InChI is InChI=1S/C7H9N3O4S/c1-4-15(13,14)7-6(10(11)12)5(2)8-9(7)3/h4H,1H2,2-3H3. The van der Waals surface area contributed by atoms with Crippen molar-refractivity contribution in [1.29, 1.82) is 0 Å². The van der Waals surface area contributed by atoms with E-state index in [0.717, 1.165) is 4.68 Å². The summed E-state index contributed by atoms with van der Waals surface area (Å²) in [6, 6.07) is 0. The Kier molecular flexibility index (Phi) is 2.63. The van der Waals surface area contributed by atoms with Crippen LogP contribution in [0.25, 0.3) is 0 Å². The van der Waals surface area contributed by atoms with Crippen molar-refractivity contribution < 1.29 is 13.3 Å². The number of aryl methyl sites for hydroxylation is 2. The predicted octanol–water partition coefficient (Wildman–Crippen LogP) is 0.554. The van der Waals surface area contributed by atoms with Crippen molar-refractivity contribution in [2.24, 2.45) is 7.05 Å². The molecule has 0 aromatic carbocycles. The summed E-state index contributed by atoms with van der Waals surface area (Å²) in [4.78, 5) is 9.91.